The molecule has 2 saturated heterocycles. The molecule has 2 aromatic rings. The van der Waals surface area contributed by atoms with Gasteiger partial charge in [-0.1, -0.05) is 60.7 Å². The fourth-order valence-electron chi connectivity index (χ4n) is 5.94. The Kier molecular flexibility index (Phi) is 7.68. The Hall–Kier alpha value is -3.42. The van der Waals surface area contributed by atoms with Gasteiger partial charge < -0.3 is 21.1 Å². The Balaban J connectivity index is 1.36. The van der Waals surface area contributed by atoms with Gasteiger partial charge in [-0.3, -0.25) is 14.7 Å². The number of nitrogens with two attached hydrogens (primary N) is 1. The highest BCUT2D eigenvalue weighted by molar-refractivity contribution is 6.05. The van der Waals surface area contributed by atoms with E-state index in [0.29, 0.717) is 12.8 Å². The molecular formula is C31H39N5O2. The lowest BCUT2D eigenvalue weighted by atomic mass is 9.84. The van der Waals surface area contributed by atoms with Crippen molar-refractivity contribution in [3.63, 3.8) is 0 Å². The molecule has 2 fully saturated rings. The van der Waals surface area contributed by atoms with Crippen LogP contribution in [0.3, 0.4) is 0 Å². The summed E-state index contributed by atoms with van der Waals surface area (Å²) in [7, 11) is 0. The average molecular weight is 514 g/mol. The van der Waals surface area contributed by atoms with Crippen LogP contribution in [0.5, 0.6) is 0 Å². The number of aliphatic imine (C=N–C) groups is 1. The number of piperidine rings is 1. The van der Waals surface area contributed by atoms with E-state index < -0.39 is 5.60 Å². The molecular weight excluding hydrogens is 474 g/mol. The van der Waals surface area contributed by atoms with Gasteiger partial charge >= 0.3 is 0 Å². The molecule has 1 unspecified atom stereocenters. The number of hydrogen-bond acceptors (Lipinski definition) is 5. The number of hydrogen-bond donors (Lipinski definition) is 3. The van der Waals surface area contributed by atoms with Crippen molar-refractivity contribution in [1.29, 1.82) is 0 Å². The smallest absolute Gasteiger partial charge is 0.240 e. The highest BCUT2D eigenvalue weighted by atomic mass is 16.3. The van der Waals surface area contributed by atoms with Crippen LogP contribution in [0.25, 0.3) is 0 Å². The van der Waals surface area contributed by atoms with Crippen LogP contribution < -0.4 is 11.1 Å². The van der Waals surface area contributed by atoms with Crippen LogP contribution in [0.2, 0.25) is 0 Å². The Bertz CT molecular complexity index is 1230. The van der Waals surface area contributed by atoms with Gasteiger partial charge in [0.1, 0.15) is 11.9 Å². The molecule has 1 amide bonds. The second kappa shape index (κ2) is 11.1. The number of aliphatic hydroxyl groups is 1. The van der Waals surface area contributed by atoms with Crippen molar-refractivity contribution in [3.05, 3.63) is 94.8 Å². The van der Waals surface area contributed by atoms with Gasteiger partial charge in [-0.15, -0.1) is 0 Å². The first-order chi connectivity index (χ1) is 18.3. The number of primary amides is 1. The molecule has 38 heavy (non-hydrogen) atoms. The number of allylic oxidation sites excluding steroid dienone is 1. The number of carbonyl (C=O) groups is 1. The van der Waals surface area contributed by atoms with Gasteiger partial charge in [-0.05, 0) is 56.7 Å². The highest BCUT2D eigenvalue weighted by Crippen LogP contribution is 2.33. The Morgan fingerprint density at radius 3 is 2.42 bits per heavy atom. The lowest BCUT2D eigenvalue weighted by molar-refractivity contribution is -0.121. The number of nitrogens with zero attached hydrogens (tertiary/aromatic N) is 3. The summed E-state index contributed by atoms with van der Waals surface area (Å²) < 4.78 is 0. The molecule has 0 bridgehead atoms. The molecule has 7 heteroatoms. The first kappa shape index (κ1) is 26.2. The van der Waals surface area contributed by atoms with E-state index in [-0.39, 0.29) is 18.0 Å². The van der Waals surface area contributed by atoms with Gasteiger partial charge in [0.2, 0.25) is 5.91 Å². The fraction of sp³-hybridized carbons (Fsp3) is 0.419. The number of likely N-dealkylation sites (tertiary alicyclic amines) is 2. The van der Waals surface area contributed by atoms with Gasteiger partial charge in [0, 0.05) is 43.1 Å². The second-order valence-corrected chi connectivity index (χ2v) is 10.8. The van der Waals surface area contributed by atoms with Crippen molar-refractivity contribution in [2.75, 3.05) is 26.2 Å². The highest BCUT2D eigenvalue weighted by Gasteiger charge is 2.35. The Morgan fingerprint density at radius 2 is 1.76 bits per heavy atom. The fourth-order valence-corrected chi connectivity index (χ4v) is 5.94. The Morgan fingerprint density at radius 1 is 1.11 bits per heavy atom. The summed E-state index contributed by atoms with van der Waals surface area (Å²) in [5.74, 6) is 0.565. The zero-order chi connectivity index (χ0) is 26.7. The topological polar surface area (TPSA) is 94.2 Å². The van der Waals surface area contributed by atoms with E-state index in [1.54, 1.807) is 0 Å². The number of nitrogens with one attached hydrogen (secondary N) is 1. The van der Waals surface area contributed by atoms with Gasteiger partial charge in [0.15, 0.2) is 0 Å². The first-order valence-electron chi connectivity index (χ1n) is 13.7. The normalized spacial score (nSPS) is 24.7. The predicted octanol–water partition coefficient (Wildman–Crippen LogP) is 3.84. The van der Waals surface area contributed by atoms with E-state index in [4.69, 9.17) is 10.7 Å². The maximum atomic E-state index is 12.1. The van der Waals surface area contributed by atoms with E-state index in [1.807, 2.05) is 48.5 Å². The molecule has 3 aliphatic heterocycles. The van der Waals surface area contributed by atoms with E-state index >= 15 is 0 Å². The van der Waals surface area contributed by atoms with Crippen molar-refractivity contribution in [2.24, 2.45) is 10.7 Å². The molecule has 0 aromatic heterocycles. The molecule has 5 rings (SSSR count). The van der Waals surface area contributed by atoms with Gasteiger partial charge in [-0.25, -0.2) is 0 Å². The van der Waals surface area contributed by atoms with Crippen LogP contribution in [0, 0.1) is 0 Å². The van der Waals surface area contributed by atoms with Crippen molar-refractivity contribution >= 4 is 11.7 Å². The van der Waals surface area contributed by atoms with Crippen LogP contribution in [0.4, 0.5) is 0 Å². The van der Waals surface area contributed by atoms with Gasteiger partial charge in [0.05, 0.1) is 11.6 Å². The predicted molar refractivity (Wildman–Crippen MR) is 151 cm³/mol. The van der Waals surface area contributed by atoms with E-state index in [2.05, 4.69) is 47.2 Å². The molecule has 0 aliphatic carbocycles. The number of amides is 1. The average Bonchev–Trinajstić information content (AvgIpc) is 3.58. The van der Waals surface area contributed by atoms with Crippen LogP contribution in [0.1, 0.15) is 56.7 Å². The second-order valence-electron chi connectivity index (χ2n) is 10.8. The molecule has 200 valence electrons. The van der Waals surface area contributed by atoms with E-state index in [9.17, 15) is 9.90 Å². The van der Waals surface area contributed by atoms with Crippen molar-refractivity contribution in [3.8, 4) is 0 Å². The third kappa shape index (κ3) is 5.54. The SMILES string of the molecule is C/C(=C1/C=C(CN2CCC(O)(c3ccccc3)CC2)NC1=NC(C)c1ccccc1)N1CCC[C@@H]1C(N)=O. The van der Waals surface area contributed by atoms with Crippen molar-refractivity contribution < 1.29 is 9.90 Å². The van der Waals surface area contributed by atoms with E-state index in [1.165, 1.54) is 0 Å². The summed E-state index contributed by atoms with van der Waals surface area (Å²) in [5, 5.41) is 14.8. The third-order valence-electron chi connectivity index (χ3n) is 8.25. The van der Waals surface area contributed by atoms with Gasteiger partial charge in [0.25, 0.3) is 0 Å². The molecule has 7 nitrogen and oxygen atoms in total. The zero-order valence-corrected chi connectivity index (χ0v) is 22.4. The molecule has 0 radical (unpaired) electrons. The van der Waals surface area contributed by atoms with Gasteiger partial charge in [-0.2, -0.15) is 0 Å². The minimum atomic E-state index is -0.770. The minimum Gasteiger partial charge on any atom is -0.385 e. The van der Waals surface area contributed by atoms with Crippen LogP contribution >= 0.6 is 0 Å². The summed E-state index contributed by atoms with van der Waals surface area (Å²) >= 11 is 0. The lowest BCUT2D eigenvalue weighted by Gasteiger charge is -2.38. The summed E-state index contributed by atoms with van der Waals surface area (Å²) in [5.41, 5.74) is 10.3. The molecule has 3 aliphatic rings. The largest absolute Gasteiger partial charge is 0.385 e. The van der Waals surface area contributed by atoms with Crippen LogP contribution in [-0.2, 0) is 10.4 Å². The summed E-state index contributed by atoms with van der Waals surface area (Å²) in [6.45, 7) is 7.36. The van der Waals surface area contributed by atoms with Crippen molar-refractivity contribution in [2.45, 2.75) is 57.2 Å². The monoisotopic (exact) mass is 513 g/mol. The molecule has 0 saturated carbocycles. The Labute approximate surface area is 225 Å². The van der Waals surface area contributed by atoms with Crippen LogP contribution in [0.15, 0.2) is 88.7 Å². The lowest BCUT2D eigenvalue weighted by Crippen LogP contribution is -2.44. The first-order valence-corrected chi connectivity index (χ1v) is 13.7. The summed E-state index contributed by atoms with van der Waals surface area (Å²) in [6.07, 6.45) is 5.32. The van der Waals surface area contributed by atoms with Crippen molar-refractivity contribution in [1.82, 2.24) is 15.1 Å². The molecule has 2 aromatic carbocycles. The number of benzene rings is 2. The maximum Gasteiger partial charge on any atom is 0.240 e. The number of carbonyl (C=O) groups excluding carboxylic acids is 1. The molecule has 4 N–H and O–H groups in total. The number of rotatable bonds is 7. The number of amidine groups is 1. The zero-order valence-electron chi connectivity index (χ0n) is 22.4. The maximum absolute atomic E-state index is 12.1. The quantitative estimate of drug-likeness (QED) is 0.523. The third-order valence-corrected chi connectivity index (χ3v) is 8.25. The summed E-state index contributed by atoms with van der Waals surface area (Å²) in [6, 6.07) is 20.0. The summed E-state index contributed by atoms with van der Waals surface area (Å²) in [4.78, 5) is 21.7. The van der Waals surface area contributed by atoms with E-state index in [0.717, 1.165) is 73.0 Å². The molecule has 0 spiro atoms. The minimum absolute atomic E-state index is 0.0179. The standard InChI is InChI=1S/C31H39N5O2/c1-22(24-10-5-3-6-11-24)33-30-27(23(2)36-17-9-14-28(36)29(32)37)20-26(34-30)21-35-18-15-31(38,16-19-35)25-12-7-4-8-13-25/h3-8,10-13,20,22,28,38H,9,14-19,21H2,1-2H3,(H2,32,37)(H,33,34)/b27-23+/t22?,28-/m1/s1. The molecule has 2 atom stereocenters. The molecule has 3 heterocycles. The van der Waals surface area contributed by atoms with Crippen LogP contribution in [-0.4, -0.2) is 58.9 Å².